The summed E-state index contributed by atoms with van der Waals surface area (Å²) < 4.78 is 38.1. The zero-order valence-electron chi connectivity index (χ0n) is 9.77. The highest BCUT2D eigenvalue weighted by molar-refractivity contribution is 6.00. The lowest BCUT2D eigenvalue weighted by atomic mass is 10.1. The molecule has 0 radical (unpaired) electrons. The van der Waals surface area contributed by atoms with Gasteiger partial charge in [0.25, 0.3) is 5.91 Å². The summed E-state index contributed by atoms with van der Waals surface area (Å²) in [5.74, 6) is 4.50. The Labute approximate surface area is 102 Å². The number of para-hydroxylation sites is 1. The number of nitrogens with one attached hydrogen (secondary N) is 2. The number of nitrogens with two attached hydrogens (primary N) is 1. The van der Waals surface area contributed by atoms with Gasteiger partial charge >= 0.3 is 6.18 Å². The molecule has 0 aliphatic carbocycles. The first-order valence-electron chi connectivity index (χ1n) is 5.36. The maximum atomic E-state index is 12.7. The van der Waals surface area contributed by atoms with Crippen molar-refractivity contribution in [2.45, 2.75) is 19.5 Å². The van der Waals surface area contributed by atoms with Crippen molar-refractivity contribution in [1.29, 1.82) is 0 Å². The Morgan fingerprint density at radius 2 is 2.06 bits per heavy atom. The molecule has 0 bridgehead atoms. The lowest BCUT2D eigenvalue weighted by molar-refractivity contribution is -0.137. The van der Waals surface area contributed by atoms with Gasteiger partial charge in [0.1, 0.15) is 0 Å². The average molecular weight is 261 g/mol. The SMILES string of the molecule is CCCNC(=O)c1cccc(C(F)(F)F)c1NN. The van der Waals surface area contributed by atoms with Crippen LogP contribution < -0.4 is 16.6 Å². The molecule has 1 rings (SSSR count). The Morgan fingerprint density at radius 1 is 1.39 bits per heavy atom. The molecule has 0 aromatic heterocycles. The summed E-state index contributed by atoms with van der Waals surface area (Å²) in [6.45, 7) is 2.23. The Balaban J connectivity index is 3.17. The Hall–Kier alpha value is -1.76. The first kappa shape index (κ1) is 14.3. The molecule has 0 aliphatic rings. The molecule has 0 spiro atoms. The normalized spacial score (nSPS) is 11.2. The van der Waals surface area contributed by atoms with E-state index in [1.807, 2.05) is 12.3 Å². The standard InChI is InChI=1S/C11H14F3N3O/c1-2-6-16-10(18)7-4-3-5-8(9(7)17-15)11(12,13)14/h3-5,17H,2,6,15H2,1H3,(H,16,18). The van der Waals surface area contributed by atoms with Crippen LogP contribution in [0.15, 0.2) is 18.2 Å². The molecule has 1 amide bonds. The van der Waals surface area contributed by atoms with Crippen LogP contribution in [0, 0.1) is 0 Å². The van der Waals surface area contributed by atoms with Gasteiger partial charge in [0.05, 0.1) is 16.8 Å². The van der Waals surface area contributed by atoms with Crippen LogP contribution in [0.25, 0.3) is 0 Å². The quantitative estimate of drug-likeness (QED) is 0.574. The smallest absolute Gasteiger partial charge is 0.352 e. The van der Waals surface area contributed by atoms with Gasteiger partial charge in [-0.25, -0.2) is 0 Å². The second-order valence-corrected chi connectivity index (χ2v) is 3.63. The van der Waals surface area contributed by atoms with Gasteiger partial charge in [-0.2, -0.15) is 13.2 Å². The third-order valence-electron chi connectivity index (χ3n) is 2.29. The molecule has 0 saturated carbocycles. The highest BCUT2D eigenvalue weighted by Crippen LogP contribution is 2.36. The minimum absolute atomic E-state index is 0.124. The van der Waals surface area contributed by atoms with Crippen LogP contribution >= 0.6 is 0 Å². The monoisotopic (exact) mass is 261 g/mol. The number of hydrogen-bond donors (Lipinski definition) is 3. The second-order valence-electron chi connectivity index (χ2n) is 3.63. The van der Waals surface area contributed by atoms with Crippen molar-refractivity contribution in [3.05, 3.63) is 29.3 Å². The van der Waals surface area contributed by atoms with E-state index in [0.29, 0.717) is 13.0 Å². The lowest BCUT2D eigenvalue weighted by Gasteiger charge is -2.15. The predicted molar refractivity (Wildman–Crippen MR) is 61.9 cm³/mol. The molecule has 4 nitrogen and oxygen atoms in total. The number of benzene rings is 1. The molecule has 4 N–H and O–H groups in total. The lowest BCUT2D eigenvalue weighted by Crippen LogP contribution is -2.27. The second kappa shape index (κ2) is 5.72. The Kier molecular flexibility index (Phi) is 4.55. The van der Waals surface area contributed by atoms with E-state index in [2.05, 4.69) is 5.32 Å². The molecule has 0 saturated heterocycles. The molecule has 1 aromatic carbocycles. The minimum atomic E-state index is -4.57. The zero-order valence-corrected chi connectivity index (χ0v) is 9.77. The van der Waals surface area contributed by atoms with Crippen LogP contribution in [0.3, 0.4) is 0 Å². The first-order chi connectivity index (χ1) is 8.41. The van der Waals surface area contributed by atoms with E-state index in [4.69, 9.17) is 5.84 Å². The van der Waals surface area contributed by atoms with Crippen molar-refractivity contribution >= 4 is 11.6 Å². The molecule has 0 heterocycles. The van der Waals surface area contributed by atoms with E-state index in [-0.39, 0.29) is 5.56 Å². The van der Waals surface area contributed by atoms with E-state index >= 15 is 0 Å². The molecule has 18 heavy (non-hydrogen) atoms. The average Bonchev–Trinajstić information content (AvgIpc) is 2.33. The summed E-state index contributed by atoms with van der Waals surface area (Å²) in [6, 6.07) is 3.33. The zero-order chi connectivity index (χ0) is 13.8. The van der Waals surface area contributed by atoms with Gasteiger partial charge in [-0.15, -0.1) is 0 Å². The summed E-state index contributed by atoms with van der Waals surface area (Å²) in [4.78, 5) is 11.7. The first-order valence-corrected chi connectivity index (χ1v) is 5.36. The van der Waals surface area contributed by atoms with Gasteiger partial charge in [-0.3, -0.25) is 10.6 Å². The molecular weight excluding hydrogens is 247 g/mol. The summed E-state index contributed by atoms with van der Waals surface area (Å²) in [5.41, 5.74) is 0.441. The number of nitrogen functional groups attached to an aromatic ring is 1. The molecule has 7 heteroatoms. The number of hydrazine groups is 1. The largest absolute Gasteiger partial charge is 0.418 e. The Morgan fingerprint density at radius 3 is 2.56 bits per heavy atom. The summed E-state index contributed by atoms with van der Waals surface area (Å²) in [6.07, 6.45) is -3.88. The van der Waals surface area contributed by atoms with Crippen molar-refractivity contribution in [1.82, 2.24) is 5.32 Å². The van der Waals surface area contributed by atoms with E-state index in [9.17, 15) is 18.0 Å². The highest BCUT2D eigenvalue weighted by atomic mass is 19.4. The maximum Gasteiger partial charge on any atom is 0.418 e. The molecular formula is C11H14F3N3O. The van der Waals surface area contributed by atoms with Crippen LogP contribution in [0.2, 0.25) is 0 Å². The van der Waals surface area contributed by atoms with Gasteiger partial charge in [0.15, 0.2) is 0 Å². The number of carbonyl (C=O) groups is 1. The number of carbonyl (C=O) groups excluding carboxylic acids is 1. The number of amides is 1. The van der Waals surface area contributed by atoms with E-state index < -0.39 is 23.3 Å². The van der Waals surface area contributed by atoms with Crippen LogP contribution in [0.5, 0.6) is 0 Å². The topological polar surface area (TPSA) is 67.2 Å². The van der Waals surface area contributed by atoms with Gasteiger partial charge in [0, 0.05) is 6.54 Å². The van der Waals surface area contributed by atoms with Crippen molar-refractivity contribution < 1.29 is 18.0 Å². The van der Waals surface area contributed by atoms with Crippen LogP contribution in [0.1, 0.15) is 29.3 Å². The van der Waals surface area contributed by atoms with Crippen molar-refractivity contribution in [2.24, 2.45) is 5.84 Å². The summed E-state index contributed by atoms with van der Waals surface area (Å²) in [7, 11) is 0. The molecule has 0 aliphatic heterocycles. The van der Waals surface area contributed by atoms with E-state index in [0.717, 1.165) is 6.07 Å². The summed E-state index contributed by atoms with van der Waals surface area (Å²) >= 11 is 0. The van der Waals surface area contributed by atoms with Gasteiger partial charge in [0.2, 0.25) is 0 Å². The summed E-state index contributed by atoms with van der Waals surface area (Å²) in [5, 5.41) is 2.50. The fourth-order valence-corrected chi connectivity index (χ4v) is 1.47. The van der Waals surface area contributed by atoms with Gasteiger partial charge < -0.3 is 10.7 Å². The highest BCUT2D eigenvalue weighted by Gasteiger charge is 2.35. The number of rotatable bonds is 4. The van der Waals surface area contributed by atoms with Crippen LogP contribution in [0.4, 0.5) is 18.9 Å². The third-order valence-corrected chi connectivity index (χ3v) is 2.29. The molecule has 0 atom stereocenters. The molecule has 0 fully saturated rings. The number of halogens is 3. The molecule has 1 aromatic rings. The van der Waals surface area contributed by atoms with E-state index in [1.165, 1.54) is 12.1 Å². The third kappa shape index (κ3) is 3.13. The van der Waals surface area contributed by atoms with Crippen LogP contribution in [-0.2, 0) is 6.18 Å². The number of alkyl halides is 3. The molecule has 100 valence electrons. The maximum absolute atomic E-state index is 12.7. The Bertz CT molecular complexity index is 432. The van der Waals surface area contributed by atoms with Crippen molar-refractivity contribution in [3.8, 4) is 0 Å². The number of hydrogen-bond acceptors (Lipinski definition) is 3. The fraction of sp³-hybridized carbons (Fsp3) is 0.364. The molecule has 0 unspecified atom stereocenters. The predicted octanol–water partition coefficient (Wildman–Crippen LogP) is 2.13. The van der Waals surface area contributed by atoms with E-state index in [1.54, 1.807) is 0 Å². The van der Waals surface area contributed by atoms with Crippen molar-refractivity contribution in [3.63, 3.8) is 0 Å². The minimum Gasteiger partial charge on any atom is -0.352 e. The van der Waals surface area contributed by atoms with Crippen molar-refractivity contribution in [2.75, 3.05) is 12.0 Å². The fourth-order valence-electron chi connectivity index (χ4n) is 1.47. The van der Waals surface area contributed by atoms with Gasteiger partial charge in [-0.05, 0) is 18.6 Å². The van der Waals surface area contributed by atoms with Crippen LogP contribution in [-0.4, -0.2) is 12.5 Å². The number of anilines is 1. The van der Waals surface area contributed by atoms with Gasteiger partial charge in [-0.1, -0.05) is 13.0 Å².